The highest BCUT2D eigenvalue weighted by molar-refractivity contribution is 5.97. The minimum absolute atomic E-state index is 0.00370. The topological polar surface area (TPSA) is 72.8 Å². The Morgan fingerprint density at radius 3 is 2.73 bits per heavy atom. The Labute approximate surface area is 127 Å². The molecular formula is C17H16O5. The second kappa shape index (κ2) is 5.67. The molecule has 0 radical (unpaired) electrons. The summed E-state index contributed by atoms with van der Waals surface area (Å²) in [6.07, 6.45) is 0.877. The molecule has 1 aliphatic carbocycles. The third kappa shape index (κ3) is 2.39. The van der Waals surface area contributed by atoms with Gasteiger partial charge in [-0.1, -0.05) is 30.3 Å². The molecule has 1 aliphatic heterocycles. The summed E-state index contributed by atoms with van der Waals surface area (Å²) >= 11 is 0. The lowest BCUT2D eigenvalue weighted by atomic mass is 9.80. The first-order chi connectivity index (χ1) is 10.6. The fourth-order valence-electron chi connectivity index (χ4n) is 2.88. The number of allylic oxidation sites excluding steroid dienone is 1. The summed E-state index contributed by atoms with van der Waals surface area (Å²) in [4.78, 5) is 23.7. The SMILES string of the molecule is CCOC(=O)C1=C2OC(=O)C(O)=C2CC(c2ccccc2)C1. The quantitative estimate of drug-likeness (QED) is 0.869. The van der Waals surface area contributed by atoms with Crippen molar-refractivity contribution in [2.75, 3.05) is 6.61 Å². The normalized spacial score (nSPS) is 20.8. The molecule has 0 amide bonds. The molecule has 0 aromatic heterocycles. The number of fused-ring (bicyclic) bond motifs is 1. The second-order valence-corrected chi connectivity index (χ2v) is 5.26. The van der Waals surface area contributed by atoms with Crippen LogP contribution in [0.3, 0.4) is 0 Å². The average Bonchev–Trinajstić information content (AvgIpc) is 2.83. The predicted octanol–water partition coefficient (Wildman–Crippen LogP) is 2.75. The molecule has 114 valence electrons. The van der Waals surface area contributed by atoms with Crippen molar-refractivity contribution in [1.82, 2.24) is 0 Å². The maximum absolute atomic E-state index is 12.2. The van der Waals surface area contributed by atoms with E-state index < -0.39 is 17.7 Å². The Morgan fingerprint density at radius 2 is 2.05 bits per heavy atom. The number of hydrogen-bond acceptors (Lipinski definition) is 5. The third-order valence-electron chi connectivity index (χ3n) is 3.92. The minimum Gasteiger partial charge on any atom is -0.502 e. The van der Waals surface area contributed by atoms with Crippen LogP contribution in [0.1, 0.15) is 31.2 Å². The van der Waals surface area contributed by atoms with E-state index in [4.69, 9.17) is 9.47 Å². The van der Waals surface area contributed by atoms with Crippen LogP contribution >= 0.6 is 0 Å². The number of hydrogen-bond donors (Lipinski definition) is 1. The van der Waals surface area contributed by atoms with Crippen LogP contribution in [-0.2, 0) is 19.1 Å². The van der Waals surface area contributed by atoms with Gasteiger partial charge < -0.3 is 14.6 Å². The molecule has 0 saturated carbocycles. The summed E-state index contributed by atoms with van der Waals surface area (Å²) in [7, 11) is 0. The van der Waals surface area contributed by atoms with Crippen LogP contribution in [0.25, 0.3) is 0 Å². The summed E-state index contributed by atoms with van der Waals surface area (Å²) in [5.74, 6) is -1.54. The Kier molecular flexibility index (Phi) is 3.71. The lowest BCUT2D eigenvalue weighted by molar-refractivity contribution is -0.139. The molecule has 3 rings (SSSR count). The van der Waals surface area contributed by atoms with Crippen molar-refractivity contribution in [3.63, 3.8) is 0 Å². The van der Waals surface area contributed by atoms with Gasteiger partial charge in [0.15, 0.2) is 0 Å². The Morgan fingerprint density at radius 1 is 1.32 bits per heavy atom. The van der Waals surface area contributed by atoms with Gasteiger partial charge in [0.1, 0.15) is 5.76 Å². The molecule has 1 unspecified atom stereocenters. The third-order valence-corrected chi connectivity index (χ3v) is 3.92. The van der Waals surface area contributed by atoms with Crippen LogP contribution < -0.4 is 0 Å². The van der Waals surface area contributed by atoms with E-state index in [1.807, 2.05) is 30.3 Å². The molecule has 5 heteroatoms. The first-order valence-electron chi connectivity index (χ1n) is 7.21. The van der Waals surface area contributed by atoms with Crippen LogP contribution in [0.15, 0.2) is 53.0 Å². The van der Waals surface area contributed by atoms with Crippen molar-refractivity contribution in [3.8, 4) is 0 Å². The molecule has 1 N–H and O–H groups in total. The minimum atomic E-state index is -0.805. The van der Waals surface area contributed by atoms with Gasteiger partial charge in [0.25, 0.3) is 0 Å². The van der Waals surface area contributed by atoms with E-state index in [-0.39, 0.29) is 18.3 Å². The molecule has 0 spiro atoms. The van der Waals surface area contributed by atoms with Gasteiger partial charge >= 0.3 is 11.9 Å². The van der Waals surface area contributed by atoms with Crippen LogP contribution in [0.2, 0.25) is 0 Å². The maximum Gasteiger partial charge on any atom is 0.379 e. The molecule has 1 atom stereocenters. The summed E-state index contributed by atoms with van der Waals surface area (Å²) in [6, 6.07) is 9.69. The van der Waals surface area contributed by atoms with E-state index in [0.717, 1.165) is 5.56 Å². The van der Waals surface area contributed by atoms with Crippen molar-refractivity contribution < 1.29 is 24.2 Å². The van der Waals surface area contributed by atoms with Gasteiger partial charge in [-0.3, -0.25) is 0 Å². The second-order valence-electron chi connectivity index (χ2n) is 5.26. The molecule has 0 fully saturated rings. The van der Waals surface area contributed by atoms with Crippen LogP contribution in [0.4, 0.5) is 0 Å². The largest absolute Gasteiger partial charge is 0.502 e. The van der Waals surface area contributed by atoms with Crippen LogP contribution in [0.5, 0.6) is 0 Å². The van der Waals surface area contributed by atoms with Crippen LogP contribution in [-0.4, -0.2) is 23.7 Å². The molecule has 1 aromatic rings. The molecule has 1 heterocycles. The average molecular weight is 300 g/mol. The highest BCUT2D eigenvalue weighted by Crippen LogP contribution is 2.44. The number of carbonyl (C=O) groups is 2. The molecular weight excluding hydrogens is 284 g/mol. The standard InChI is InChI=1S/C17H16O5/c1-2-21-16(19)13-9-11(10-6-4-3-5-7-10)8-12-14(18)17(20)22-15(12)13/h3-7,11,18H,2,8-9H2,1H3. The highest BCUT2D eigenvalue weighted by Gasteiger charge is 2.40. The Balaban J connectivity index is 2.03. The number of aliphatic hydroxyl groups is 1. The monoisotopic (exact) mass is 300 g/mol. The number of ether oxygens (including phenoxy) is 2. The number of esters is 2. The zero-order valence-corrected chi connectivity index (χ0v) is 12.2. The number of benzene rings is 1. The van der Waals surface area contributed by atoms with Crippen molar-refractivity contribution in [1.29, 1.82) is 0 Å². The van der Waals surface area contributed by atoms with Crippen molar-refractivity contribution in [2.45, 2.75) is 25.7 Å². The smallest absolute Gasteiger partial charge is 0.379 e. The predicted molar refractivity (Wildman–Crippen MR) is 77.8 cm³/mol. The lowest BCUT2D eigenvalue weighted by Crippen LogP contribution is -2.19. The van der Waals surface area contributed by atoms with Crippen molar-refractivity contribution >= 4 is 11.9 Å². The molecule has 22 heavy (non-hydrogen) atoms. The van der Waals surface area contributed by atoms with Crippen molar-refractivity contribution in [2.24, 2.45) is 0 Å². The van der Waals surface area contributed by atoms with Gasteiger partial charge in [0.2, 0.25) is 5.76 Å². The summed E-state index contributed by atoms with van der Waals surface area (Å²) in [5.41, 5.74) is 1.76. The van der Waals surface area contributed by atoms with Crippen molar-refractivity contribution in [3.05, 3.63) is 58.6 Å². The van der Waals surface area contributed by atoms with Gasteiger partial charge in [-0.15, -0.1) is 0 Å². The first-order valence-corrected chi connectivity index (χ1v) is 7.21. The molecule has 0 bridgehead atoms. The highest BCUT2D eigenvalue weighted by atomic mass is 16.6. The van der Waals surface area contributed by atoms with Gasteiger partial charge in [-0.2, -0.15) is 0 Å². The molecule has 2 aliphatic rings. The zero-order chi connectivity index (χ0) is 15.7. The number of carbonyl (C=O) groups excluding carboxylic acids is 2. The fraction of sp³-hybridized carbons (Fsp3) is 0.294. The maximum atomic E-state index is 12.2. The van der Waals surface area contributed by atoms with Gasteiger partial charge in [0.05, 0.1) is 12.2 Å². The number of rotatable bonds is 3. The van der Waals surface area contributed by atoms with Gasteiger partial charge in [-0.25, -0.2) is 9.59 Å². The van der Waals surface area contributed by atoms with E-state index in [0.29, 0.717) is 24.0 Å². The van der Waals surface area contributed by atoms with Gasteiger partial charge in [-0.05, 0) is 31.2 Å². The zero-order valence-electron chi connectivity index (χ0n) is 12.2. The Bertz CT molecular complexity index is 684. The fourth-order valence-corrected chi connectivity index (χ4v) is 2.88. The molecule has 1 aromatic carbocycles. The van der Waals surface area contributed by atoms with E-state index >= 15 is 0 Å². The van der Waals surface area contributed by atoms with Gasteiger partial charge in [0, 0.05) is 5.57 Å². The number of aliphatic hydroxyl groups excluding tert-OH is 1. The summed E-state index contributed by atoms with van der Waals surface area (Å²) in [5, 5.41) is 9.91. The molecule has 0 saturated heterocycles. The summed E-state index contributed by atoms with van der Waals surface area (Å²) in [6.45, 7) is 1.96. The van der Waals surface area contributed by atoms with E-state index in [1.54, 1.807) is 6.92 Å². The Hall–Kier alpha value is -2.56. The summed E-state index contributed by atoms with van der Waals surface area (Å²) < 4.78 is 10.1. The lowest BCUT2D eigenvalue weighted by Gasteiger charge is -2.25. The van der Waals surface area contributed by atoms with E-state index in [2.05, 4.69) is 0 Å². The van der Waals surface area contributed by atoms with E-state index in [1.165, 1.54) is 0 Å². The van der Waals surface area contributed by atoms with E-state index in [9.17, 15) is 14.7 Å². The molecule has 5 nitrogen and oxygen atoms in total. The van der Waals surface area contributed by atoms with Crippen LogP contribution in [0, 0.1) is 0 Å². The first kappa shape index (κ1) is 14.4.